The van der Waals surface area contributed by atoms with Gasteiger partial charge in [0.1, 0.15) is 0 Å². The molecule has 0 saturated heterocycles. The molecule has 4 heteroatoms. The number of hydrogen-bond donors (Lipinski definition) is 0. The van der Waals surface area contributed by atoms with E-state index in [0.717, 1.165) is 22.5 Å². The molecule has 1 nitrogen and oxygen atoms in total. The first kappa shape index (κ1) is 23.1. The van der Waals surface area contributed by atoms with Gasteiger partial charge in [-0.2, -0.15) is 0 Å². The highest BCUT2D eigenvalue weighted by atomic mass is 127. The second kappa shape index (κ2) is 12.4. The molecule has 1 atom stereocenters. The third kappa shape index (κ3) is 7.65. The summed E-state index contributed by atoms with van der Waals surface area (Å²) in [7, 11) is 0. The van der Waals surface area contributed by atoms with E-state index in [2.05, 4.69) is 54.5 Å². The van der Waals surface area contributed by atoms with Crippen molar-refractivity contribution in [3.8, 4) is 12.3 Å². The van der Waals surface area contributed by atoms with Crippen molar-refractivity contribution in [3.05, 3.63) is 34.9 Å². The molecule has 0 aliphatic carbocycles. The van der Waals surface area contributed by atoms with Crippen LogP contribution in [0.4, 0.5) is 0 Å². The van der Waals surface area contributed by atoms with Gasteiger partial charge < -0.3 is 16.9 Å². The van der Waals surface area contributed by atoms with Crippen LogP contribution in [0.3, 0.4) is 0 Å². The van der Waals surface area contributed by atoms with Crippen molar-refractivity contribution in [2.75, 3.05) is 19.6 Å². The first-order chi connectivity index (χ1) is 10.6. The van der Waals surface area contributed by atoms with Crippen molar-refractivity contribution in [1.82, 2.24) is 0 Å². The number of nitrogens with zero attached hydrogens (tertiary/aromatic N) is 1. The Hall–Kier alpha value is 0.0500. The number of halogens is 3. The Morgan fingerprint density at radius 1 is 1.09 bits per heavy atom. The number of alkyl halides is 1. The Balaban J connectivity index is 0.00000484. The average Bonchev–Trinajstić information content (AvgIpc) is 2.55. The van der Waals surface area contributed by atoms with Crippen LogP contribution >= 0.6 is 34.2 Å². The zero-order chi connectivity index (χ0) is 16.4. The normalized spacial score (nSPS) is 12.3. The molecule has 0 aliphatic heterocycles. The first-order valence-electron chi connectivity index (χ1n) is 8.28. The van der Waals surface area contributed by atoms with Crippen molar-refractivity contribution in [2.45, 2.75) is 50.0 Å². The maximum atomic E-state index is 5.98. The van der Waals surface area contributed by atoms with Gasteiger partial charge in [-0.3, -0.25) is 0 Å². The summed E-state index contributed by atoms with van der Waals surface area (Å²) >= 11 is 8.44. The maximum absolute atomic E-state index is 5.98. The lowest BCUT2D eigenvalue weighted by atomic mass is 10.1. The lowest BCUT2D eigenvalue weighted by molar-refractivity contribution is -0.927. The van der Waals surface area contributed by atoms with Gasteiger partial charge in [0.2, 0.25) is 4.05 Å². The van der Waals surface area contributed by atoms with E-state index < -0.39 is 0 Å². The molecule has 0 saturated carbocycles. The molecule has 1 unspecified atom stereocenters. The first-order valence-corrected chi connectivity index (χ1v) is 9.90. The number of terminal acetylenes is 1. The van der Waals surface area contributed by atoms with Gasteiger partial charge in [0.15, 0.2) is 0 Å². The van der Waals surface area contributed by atoms with Gasteiger partial charge in [-0.25, -0.2) is 0 Å². The summed E-state index contributed by atoms with van der Waals surface area (Å²) in [6.07, 6.45) is 11.8. The summed E-state index contributed by atoms with van der Waals surface area (Å²) in [4.78, 5) is 0. The summed E-state index contributed by atoms with van der Waals surface area (Å²) in [6, 6.07) is 8.22. The fourth-order valence-electron chi connectivity index (χ4n) is 2.78. The summed E-state index contributed by atoms with van der Waals surface area (Å²) in [6.45, 7) is 7.99. The van der Waals surface area contributed by atoms with Crippen LogP contribution in [-0.2, 0) is 6.42 Å². The van der Waals surface area contributed by atoms with E-state index in [-0.39, 0.29) is 16.5 Å². The Morgan fingerprint density at radius 2 is 1.61 bits per heavy atom. The van der Waals surface area contributed by atoms with Crippen LogP contribution in [0, 0.1) is 12.3 Å². The highest BCUT2D eigenvalue weighted by molar-refractivity contribution is 14.1. The summed E-state index contributed by atoms with van der Waals surface area (Å²) < 4.78 is 1.30. The Kier molecular flexibility index (Phi) is 12.4. The number of quaternary nitrogens is 1. The average molecular weight is 468 g/mol. The van der Waals surface area contributed by atoms with E-state index >= 15 is 0 Å². The maximum Gasteiger partial charge on any atom is 0.200 e. The summed E-state index contributed by atoms with van der Waals surface area (Å²) in [5, 5.41) is 0.803. The van der Waals surface area contributed by atoms with Gasteiger partial charge in [0, 0.05) is 34.0 Å². The lowest BCUT2D eigenvalue weighted by Gasteiger charge is -2.41. The molecule has 0 radical (unpaired) electrons. The van der Waals surface area contributed by atoms with Gasteiger partial charge in [-0.05, 0) is 36.5 Å². The van der Waals surface area contributed by atoms with E-state index in [4.69, 9.17) is 18.0 Å². The number of unbranched alkanes of at least 4 members (excludes halogenated alkanes) is 2. The van der Waals surface area contributed by atoms with Gasteiger partial charge in [0.05, 0.1) is 19.6 Å². The smallest absolute Gasteiger partial charge is 0.200 e. The molecule has 0 aliphatic rings. The van der Waals surface area contributed by atoms with Crippen LogP contribution in [0.2, 0.25) is 5.02 Å². The van der Waals surface area contributed by atoms with Crippen LogP contribution in [-0.4, -0.2) is 28.2 Å². The third-order valence-electron chi connectivity index (χ3n) is 4.29. The standard InChI is InChI=1S/C19H28ClIN.ClH/c1-4-7-14-22(15-8-5-2,19(21)6-3)16-13-17-9-11-18(20)12-10-17;/h3,9-12,19H,4-5,7-8,13-16H2,1-2H3;1H/q+1;/p-1. The number of rotatable bonds is 10. The molecule has 0 bridgehead atoms. The molecule has 0 spiro atoms. The molecule has 0 heterocycles. The van der Waals surface area contributed by atoms with Gasteiger partial charge in [-0.15, -0.1) is 6.42 Å². The van der Waals surface area contributed by atoms with Crippen LogP contribution in [0.25, 0.3) is 0 Å². The number of hydrogen-bond acceptors (Lipinski definition) is 0. The van der Waals surface area contributed by atoms with Crippen LogP contribution < -0.4 is 12.4 Å². The molecule has 0 N–H and O–H groups in total. The molecule has 1 rings (SSSR count). The molecule has 23 heavy (non-hydrogen) atoms. The minimum Gasteiger partial charge on any atom is -1.00 e. The minimum absolute atomic E-state index is 0. The van der Waals surface area contributed by atoms with E-state index in [9.17, 15) is 0 Å². The van der Waals surface area contributed by atoms with Crippen LogP contribution in [0.15, 0.2) is 24.3 Å². The fraction of sp³-hybridized carbons (Fsp3) is 0.579. The van der Waals surface area contributed by atoms with Gasteiger partial charge >= 0.3 is 0 Å². The largest absolute Gasteiger partial charge is 1.00 e. The highest BCUT2D eigenvalue weighted by Crippen LogP contribution is 2.24. The summed E-state index contributed by atoms with van der Waals surface area (Å²) in [5.74, 6) is 3.01. The predicted octanol–water partition coefficient (Wildman–Crippen LogP) is 2.70. The minimum atomic E-state index is 0. The second-order valence-corrected chi connectivity index (χ2v) is 7.59. The quantitative estimate of drug-likeness (QED) is 0.163. The van der Waals surface area contributed by atoms with E-state index in [0.29, 0.717) is 0 Å². The molecular weight excluding hydrogens is 440 g/mol. The third-order valence-corrected chi connectivity index (χ3v) is 6.08. The van der Waals surface area contributed by atoms with E-state index in [1.807, 2.05) is 12.1 Å². The zero-order valence-electron chi connectivity index (χ0n) is 14.2. The molecule has 1 aromatic carbocycles. The molecule has 1 aromatic rings. The molecule has 0 amide bonds. The Bertz CT molecular complexity index is 459. The van der Waals surface area contributed by atoms with Crippen molar-refractivity contribution < 1.29 is 16.9 Å². The molecular formula is C19H28Cl2IN. The fourth-order valence-corrected chi connectivity index (χ4v) is 3.74. The Labute approximate surface area is 167 Å². The van der Waals surface area contributed by atoms with Crippen molar-refractivity contribution >= 4 is 34.2 Å². The molecule has 0 aromatic heterocycles. The van der Waals surface area contributed by atoms with E-state index in [1.165, 1.54) is 44.3 Å². The highest BCUT2D eigenvalue weighted by Gasteiger charge is 2.32. The zero-order valence-corrected chi connectivity index (χ0v) is 17.9. The van der Waals surface area contributed by atoms with Gasteiger partial charge in [-0.1, -0.05) is 50.4 Å². The van der Waals surface area contributed by atoms with Gasteiger partial charge in [0.25, 0.3) is 0 Å². The van der Waals surface area contributed by atoms with Crippen molar-refractivity contribution in [2.24, 2.45) is 0 Å². The lowest BCUT2D eigenvalue weighted by Crippen LogP contribution is -3.00. The summed E-state index contributed by atoms with van der Waals surface area (Å²) in [5.41, 5.74) is 1.35. The van der Waals surface area contributed by atoms with Crippen LogP contribution in [0.1, 0.15) is 45.1 Å². The monoisotopic (exact) mass is 467 g/mol. The Morgan fingerprint density at radius 3 is 2.04 bits per heavy atom. The molecule has 130 valence electrons. The number of benzene rings is 1. The topological polar surface area (TPSA) is 0 Å². The predicted molar refractivity (Wildman–Crippen MR) is 106 cm³/mol. The SMILES string of the molecule is C#CC(I)[N+](CCCC)(CCCC)CCc1ccc(Cl)cc1.[Cl-]. The van der Waals surface area contributed by atoms with E-state index in [1.54, 1.807) is 0 Å². The van der Waals surface area contributed by atoms with Crippen LogP contribution in [0.5, 0.6) is 0 Å². The second-order valence-electron chi connectivity index (χ2n) is 5.98. The van der Waals surface area contributed by atoms with Crippen molar-refractivity contribution in [3.63, 3.8) is 0 Å². The van der Waals surface area contributed by atoms with Crippen molar-refractivity contribution in [1.29, 1.82) is 0 Å². The molecule has 0 fully saturated rings.